The van der Waals surface area contributed by atoms with E-state index in [1.807, 2.05) is 37.3 Å². The molecule has 478 valence electrons. The van der Waals surface area contributed by atoms with Crippen molar-refractivity contribution in [2.75, 3.05) is 67.5 Å². The van der Waals surface area contributed by atoms with E-state index in [-0.39, 0.29) is 111 Å². The number of unbranched alkanes of at least 4 members (excludes halogenated alkanes) is 5. The molecule has 0 saturated carbocycles. The number of nitrogens with zero attached hydrogens (tertiary/aromatic N) is 4. The molecule has 0 aliphatic carbocycles. The van der Waals surface area contributed by atoms with E-state index in [9.17, 15) is 48.3 Å². The zero-order valence-electron chi connectivity index (χ0n) is 51.0. The highest BCUT2D eigenvalue weighted by atomic mass is 35.5. The van der Waals surface area contributed by atoms with Crippen molar-refractivity contribution < 1.29 is 67.2 Å². The number of carbonyl (C=O) groups excluding carboxylic acids is 9. The number of carbonyl (C=O) groups is 9. The second-order valence-corrected chi connectivity index (χ2v) is 23.4. The van der Waals surface area contributed by atoms with Gasteiger partial charge in [0.2, 0.25) is 23.6 Å². The van der Waals surface area contributed by atoms with Gasteiger partial charge in [0.05, 0.1) is 43.3 Å². The van der Waals surface area contributed by atoms with Crippen molar-refractivity contribution in [1.82, 2.24) is 25.8 Å². The smallest absolute Gasteiger partial charge is 0.416 e. The molecule has 4 aromatic rings. The van der Waals surface area contributed by atoms with Crippen LogP contribution in [0.2, 0.25) is 0 Å². The Labute approximate surface area is 523 Å². The minimum Gasteiger partial charge on any atom is -0.493 e. The highest BCUT2D eigenvalue weighted by Gasteiger charge is 2.45. The summed E-state index contributed by atoms with van der Waals surface area (Å²) in [6.45, 7) is 7.32. The lowest BCUT2D eigenvalue weighted by molar-refractivity contribution is -0.137. The third kappa shape index (κ3) is 16.6. The van der Waals surface area contributed by atoms with Gasteiger partial charge >= 0.3 is 12.1 Å². The van der Waals surface area contributed by atoms with E-state index in [4.69, 9.17) is 36.3 Å². The number of nitrogens with one attached hydrogen (secondary N) is 4. The number of primary amides is 1. The van der Waals surface area contributed by atoms with Crippen molar-refractivity contribution in [3.05, 3.63) is 95.6 Å². The lowest BCUT2D eigenvalue weighted by Gasteiger charge is -2.31. The quantitative estimate of drug-likeness (QED) is 0.0159. The number of amides is 10. The number of methoxy groups -OCH3 is 1. The fraction of sp³-hybridized carbons (Fsp3) is 0.492. The number of nitrogens with two attached hydrogens (primary N) is 1. The van der Waals surface area contributed by atoms with Crippen LogP contribution in [0.25, 0.3) is 10.8 Å². The number of alkyl halides is 1. The minimum atomic E-state index is -1.32. The highest BCUT2D eigenvalue weighted by molar-refractivity contribution is 6.19. The summed E-state index contributed by atoms with van der Waals surface area (Å²) in [6.07, 6.45) is 7.18. The van der Waals surface area contributed by atoms with Crippen LogP contribution in [0, 0.1) is 5.92 Å². The van der Waals surface area contributed by atoms with Crippen molar-refractivity contribution in [2.24, 2.45) is 11.7 Å². The molecule has 7 N–H and O–H groups in total. The van der Waals surface area contributed by atoms with Gasteiger partial charge < -0.3 is 60.9 Å². The number of hydrogen-bond donors (Lipinski definition) is 6. The predicted molar refractivity (Wildman–Crippen MR) is 335 cm³/mol. The average Bonchev–Trinajstić information content (AvgIpc) is 1.84. The fourth-order valence-corrected chi connectivity index (χ4v) is 11.9. The molecule has 4 heterocycles. The number of rotatable bonds is 31. The highest BCUT2D eigenvalue weighted by Crippen LogP contribution is 2.46. The molecule has 4 aliphatic heterocycles. The van der Waals surface area contributed by atoms with Gasteiger partial charge in [0, 0.05) is 86.2 Å². The van der Waals surface area contributed by atoms with Gasteiger partial charge in [0.15, 0.2) is 17.7 Å². The summed E-state index contributed by atoms with van der Waals surface area (Å²) in [4.78, 5) is 123. The van der Waals surface area contributed by atoms with E-state index < -0.39 is 48.3 Å². The van der Waals surface area contributed by atoms with Crippen LogP contribution >= 0.6 is 11.6 Å². The average molecular weight is 1250 g/mol. The van der Waals surface area contributed by atoms with Crippen molar-refractivity contribution in [3.63, 3.8) is 0 Å². The Bertz CT molecular complexity index is 3250. The van der Waals surface area contributed by atoms with Crippen LogP contribution in [-0.2, 0) is 40.1 Å². The molecule has 0 bridgehead atoms. The van der Waals surface area contributed by atoms with Crippen molar-refractivity contribution in [2.45, 2.75) is 148 Å². The first-order valence-corrected chi connectivity index (χ1v) is 31.4. The Hall–Kier alpha value is -8.44. The number of fused-ring (bicyclic) bond motifs is 5. The number of ether oxygens (including phenoxy) is 4. The van der Waals surface area contributed by atoms with E-state index in [1.165, 1.54) is 19.3 Å². The third-order valence-electron chi connectivity index (χ3n) is 16.4. The molecular formula is C65H82ClN9O14. The van der Waals surface area contributed by atoms with E-state index in [1.54, 1.807) is 60.0 Å². The Balaban J connectivity index is 0.859. The maximum Gasteiger partial charge on any atom is 0.416 e. The monoisotopic (exact) mass is 1250 g/mol. The molecule has 0 radical (unpaired) electrons. The van der Waals surface area contributed by atoms with Crippen LogP contribution in [0.5, 0.6) is 17.2 Å². The van der Waals surface area contributed by atoms with Crippen LogP contribution in [-0.4, -0.2) is 145 Å². The van der Waals surface area contributed by atoms with E-state index in [2.05, 4.69) is 21.3 Å². The summed E-state index contributed by atoms with van der Waals surface area (Å²) >= 11 is 6.62. The summed E-state index contributed by atoms with van der Waals surface area (Å²) in [6, 6.07) is 16.5. The van der Waals surface area contributed by atoms with Gasteiger partial charge in [-0.25, -0.2) is 14.5 Å². The number of imide groups is 1. The standard InChI is InChI=1S/C65H82ClN9O14/c1-5-6-32-88-65(85)75-49-35-53(52(86-4)34-46(49)62(82)72-31-16-20-48(72)63(75)83)87-33-14-8-10-22-55(77)74-38-42(37-66)58-45-18-12-11-17-44(45)51(36-50(58)74)89-39-41-23-25-43(26-24-41)69-60(80)47(19-15-29-68-64(67)84)70-61(81)59(40(2)3)71-54(76)21-9-7-13-30-73-56(78)27-28-57(73)79/h11-12,17-18,23-28,34-36,40,42,47-48,59,63,83H,5-10,13-16,19-22,29-33,37-39H2,1-4H3,(H,69,80)(H,70,81)(H,71,76)(H3,67,68,84)/t42-,47+,48?,59+,63?/m1/s1. The topological polar surface area (TPSA) is 298 Å². The van der Waals surface area contributed by atoms with Gasteiger partial charge in [-0.3, -0.25) is 38.5 Å². The number of anilines is 3. The van der Waals surface area contributed by atoms with Gasteiger partial charge in [-0.2, -0.15) is 0 Å². The molecule has 1 saturated heterocycles. The summed E-state index contributed by atoms with van der Waals surface area (Å²) in [5, 5.41) is 24.3. The van der Waals surface area contributed by atoms with Gasteiger partial charge in [-0.1, -0.05) is 70.0 Å². The lowest BCUT2D eigenvalue weighted by atomic mass is 9.95. The molecule has 23 nitrogen and oxygen atoms in total. The fourth-order valence-electron chi connectivity index (χ4n) is 11.6. The van der Waals surface area contributed by atoms with Crippen LogP contribution in [0.4, 0.5) is 26.7 Å². The molecule has 10 amide bonds. The molecule has 2 unspecified atom stereocenters. The maximum atomic E-state index is 14.2. The van der Waals surface area contributed by atoms with Gasteiger partial charge in [0.25, 0.3) is 17.7 Å². The van der Waals surface area contributed by atoms with E-state index in [0.29, 0.717) is 100 Å². The molecule has 4 aromatic carbocycles. The minimum absolute atomic E-state index is 0.0669. The predicted octanol–water partition coefficient (Wildman–Crippen LogP) is 7.91. The van der Waals surface area contributed by atoms with Crippen LogP contribution < -0.4 is 51.0 Å². The van der Waals surface area contributed by atoms with E-state index in [0.717, 1.165) is 43.8 Å². The maximum absolute atomic E-state index is 14.2. The van der Waals surface area contributed by atoms with Crippen molar-refractivity contribution in [3.8, 4) is 17.2 Å². The Morgan fingerprint density at radius 3 is 2.21 bits per heavy atom. The normalized spacial score (nSPS) is 17.4. The molecule has 89 heavy (non-hydrogen) atoms. The summed E-state index contributed by atoms with van der Waals surface area (Å²) in [7, 11) is 1.47. The second-order valence-electron chi connectivity index (χ2n) is 23.1. The molecule has 0 spiro atoms. The van der Waals surface area contributed by atoms with Gasteiger partial charge in [-0.05, 0) is 105 Å². The third-order valence-corrected chi connectivity index (χ3v) is 16.8. The summed E-state index contributed by atoms with van der Waals surface area (Å²) in [5.41, 5.74) is 8.55. The number of aliphatic hydroxyl groups excluding tert-OH is 1. The Kier molecular flexibility index (Phi) is 23.7. The molecule has 0 aromatic heterocycles. The lowest BCUT2D eigenvalue weighted by Crippen LogP contribution is -2.54. The van der Waals surface area contributed by atoms with Gasteiger partial charge in [-0.15, -0.1) is 11.6 Å². The van der Waals surface area contributed by atoms with Crippen molar-refractivity contribution in [1.29, 1.82) is 0 Å². The number of hydrogen-bond acceptors (Lipinski definition) is 14. The molecule has 5 atom stereocenters. The molecule has 24 heteroatoms. The zero-order chi connectivity index (χ0) is 63.7. The Morgan fingerprint density at radius 2 is 1.51 bits per heavy atom. The van der Waals surface area contributed by atoms with Crippen molar-refractivity contribution >= 4 is 92.9 Å². The van der Waals surface area contributed by atoms with Gasteiger partial charge in [0.1, 0.15) is 24.4 Å². The second kappa shape index (κ2) is 31.6. The van der Waals surface area contributed by atoms with Crippen LogP contribution in [0.3, 0.4) is 0 Å². The summed E-state index contributed by atoms with van der Waals surface area (Å²) < 4.78 is 24.0. The number of benzene rings is 4. The first-order valence-electron chi connectivity index (χ1n) is 30.8. The summed E-state index contributed by atoms with van der Waals surface area (Å²) in [5.74, 6) is -1.56. The number of aliphatic hydroxyl groups is 1. The molecule has 8 rings (SSSR count). The molecule has 1 fully saturated rings. The SMILES string of the molecule is CCCCOC(=O)N1c2cc(OCCCCCC(=O)N3C[C@@H](CCl)c4c3cc(OCc3ccc(NC(=O)[C@H](CCCNC(N)=O)NC(=O)[C@@H](NC(=O)CCCCCN5C(=O)C=CC5=O)C(C)C)cc3)c3ccccc43)c(OC)cc2C(=O)N2CCCC2C1O. The Morgan fingerprint density at radius 1 is 0.787 bits per heavy atom. The first-order chi connectivity index (χ1) is 42.9. The number of urea groups is 1. The van der Waals surface area contributed by atoms with Crippen LogP contribution in [0.15, 0.2) is 78.9 Å². The van der Waals surface area contributed by atoms with E-state index >= 15 is 0 Å². The largest absolute Gasteiger partial charge is 0.493 e. The van der Waals surface area contributed by atoms with Crippen LogP contribution in [0.1, 0.15) is 138 Å². The number of halogens is 1. The molecular weight excluding hydrogens is 1170 g/mol. The molecule has 4 aliphatic rings. The zero-order valence-corrected chi connectivity index (χ0v) is 51.8. The first kappa shape index (κ1) is 66.5.